The molecule has 1 unspecified atom stereocenters. The van der Waals surface area contributed by atoms with E-state index in [2.05, 4.69) is 10.6 Å². The quantitative estimate of drug-likeness (QED) is 0.812. The molecule has 0 aromatic heterocycles. The Balaban J connectivity index is 1.85. The Morgan fingerprint density at radius 3 is 2.59 bits per heavy atom. The smallest absolute Gasteiger partial charge is 0.238 e. The van der Waals surface area contributed by atoms with Gasteiger partial charge in [0.15, 0.2) is 9.84 Å². The van der Waals surface area contributed by atoms with Crippen molar-refractivity contribution in [3.63, 3.8) is 0 Å². The van der Waals surface area contributed by atoms with Gasteiger partial charge < -0.3 is 5.32 Å². The summed E-state index contributed by atoms with van der Waals surface area (Å²) in [6.45, 7) is 3.90. The summed E-state index contributed by atoms with van der Waals surface area (Å²) >= 11 is 1.72. The van der Waals surface area contributed by atoms with Gasteiger partial charge in [0.25, 0.3) is 0 Å². The summed E-state index contributed by atoms with van der Waals surface area (Å²) in [7, 11) is -3.22. The third-order valence-electron chi connectivity index (χ3n) is 3.62. The first kappa shape index (κ1) is 17.3. The molecule has 2 rings (SSSR count). The van der Waals surface area contributed by atoms with Crippen LogP contribution < -0.4 is 10.6 Å². The summed E-state index contributed by atoms with van der Waals surface area (Å²) < 4.78 is 24.1. The van der Waals surface area contributed by atoms with Crippen LogP contribution in [0.5, 0.6) is 0 Å². The van der Waals surface area contributed by atoms with Gasteiger partial charge in [-0.2, -0.15) is 0 Å². The molecule has 122 valence electrons. The van der Waals surface area contributed by atoms with Crippen molar-refractivity contribution in [2.45, 2.75) is 36.5 Å². The number of hydrogen-bond donors (Lipinski definition) is 2. The highest BCUT2D eigenvalue weighted by atomic mass is 32.2. The van der Waals surface area contributed by atoms with Gasteiger partial charge in [-0.15, -0.1) is 11.8 Å². The van der Waals surface area contributed by atoms with E-state index in [0.717, 1.165) is 17.2 Å². The molecule has 1 fully saturated rings. The summed E-state index contributed by atoms with van der Waals surface area (Å²) in [6.07, 6.45) is 0.688. The zero-order valence-corrected chi connectivity index (χ0v) is 14.5. The number of carbonyl (C=O) groups is 1. The standard InChI is InChI=1S/C15H22N2O3S2/c1-11(2)22(19,20)13-5-3-12(4-6-13)7-8-16-15(18)14-9-21-10-17-14/h3-6,11,14,17H,7-10H2,1-2H3,(H,16,18). The maximum absolute atomic E-state index is 12.0. The second kappa shape index (κ2) is 7.48. The van der Waals surface area contributed by atoms with Crippen LogP contribution in [0, 0.1) is 0 Å². The molecule has 2 N–H and O–H groups in total. The van der Waals surface area contributed by atoms with Gasteiger partial charge in [-0.05, 0) is 38.0 Å². The first-order chi connectivity index (χ1) is 10.4. The van der Waals surface area contributed by atoms with Crippen molar-refractivity contribution in [1.82, 2.24) is 10.6 Å². The molecule has 7 heteroatoms. The molecule has 1 amide bonds. The minimum Gasteiger partial charge on any atom is -0.354 e. The van der Waals surface area contributed by atoms with Gasteiger partial charge in [0.2, 0.25) is 5.91 Å². The van der Waals surface area contributed by atoms with Gasteiger partial charge in [0.1, 0.15) is 0 Å². The van der Waals surface area contributed by atoms with Crippen LogP contribution in [0.25, 0.3) is 0 Å². The third kappa shape index (κ3) is 4.24. The lowest BCUT2D eigenvalue weighted by Gasteiger charge is -2.11. The zero-order valence-electron chi connectivity index (χ0n) is 12.8. The van der Waals surface area contributed by atoms with E-state index in [4.69, 9.17) is 0 Å². The van der Waals surface area contributed by atoms with E-state index in [9.17, 15) is 13.2 Å². The number of sulfone groups is 1. The molecule has 0 bridgehead atoms. The number of amides is 1. The lowest BCUT2D eigenvalue weighted by molar-refractivity contribution is -0.122. The average molecular weight is 342 g/mol. The maximum Gasteiger partial charge on any atom is 0.238 e. The second-order valence-electron chi connectivity index (χ2n) is 5.55. The van der Waals surface area contributed by atoms with E-state index >= 15 is 0 Å². The Morgan fingerprint density at radius 2 is 2.05 bits per heavy atom. The van der Waals surface area contributed by atoms with E-state index < -0.39 is 15.1 Å². The summed E-state index contributed by atoms with van der Waals surface area (Å²) in [5.41, 5.74) is 1.01. The minimum absolute atomic E-state index is 0.0315. The Morgan fingerprint density at radius 1 is 1.36 bits per heavy atom. The number of rotatable bonds is 6. The largest absolute Gasteiger partial charge is 0.354 e. The van der Waals surface area contributed by atoms with Crippen LogP contribution in [-0.4, -0.2) is 43.8 Å². The minimum atomic E-state index is -3.22. The Labute approximate surface area is 136 Å². The molecule has 0 spiro atoms. The number of hydrogen-bond acceptors (Lipinski definition) is 5. The molecular weight excluding hydrogens is 320 g/mol. The number of carbonyl (C=O) groups excluding carboxylic acids is 1. The predicted octanol–water partition coefficient (Wildman–Crippen LogP) is 1.19. The van der Waals surface area contributed by atoms with Crippen molar-refractivity contribution in [2.24, 2.45) is 0 Å². The van der Waals surface area contributed by atoms with Crippen molar-refractivity contribution in [2.75, 3.05) is 18.2 Å². The van der Waals surface area contributed by atoms with Gasteiger partial charge in [-0.3, -0.25) is 10.1 Å². The molecule has 1 aromatic rings. The van der Waals surface area contributed by atoms with Crippen molar-refractivity contribution in [1.29, 1.82) is 0 Å². The molecular formula is C15H22N2O3S2. The summed E-state index contributed by atoms with van der Waals surface area (Å²) in [6, 6.07) is 6.81. The Hall–Kier alpha value is -1.05. The summed E-state index contributed by atoms with van der Waals surface area (Å²) in [5.74, 6) is 1.67. The highest BCUT2D eigenvalue weighted by Gasteiger charge is 2.22. The molecule has 0 aliphatic carbocycles. The number of benzene rings is 1. The van der Waals surface area contributed by atoms with Crippen molar-refractivity contribution in [3.8, 4) is 0 Å². The fraction of sp³-hybridized carbons (Fsp3) is 0.533. The van der Waals surface area contributed by atoms with Gasteiger partial charge in [-0.1, -0.05) is 12.1 Å². The molecule has 1 aromatic carbocycles. The molecule has 22 heavy (non-hydrogen) atoms. The van der Waals surface area contributed by atoms with Crippen LogP contribution in [0.2, 0.25) is 0 Å². The summed E-state index contributed by atoms with van der Waals surface area (Å²) in [5, 5.41) is 5.61. The SMILES string of the molecule is CC(C)S(=O)(=O)c1ccc(CCNC(=O)C2CSCN2)cc1. The number of thioether (sulfide) groups is 1. The third-order valence-corrected chi connectivity index (χ3v) is 6.73. The van der Waals surface area contributed by atoms with Crippen molar-refractivity contribution >= 4 is 27.5 Å². The van der Waals surface area contributed by atoms with E-state index in [1.807, 2.05) is 12.1 Å². The van der Waals surface area contributed by atoms with E-state index in [1.54, 1.807) is 37.7 Å². The molecule has 0 saturated carbocycles. The van der Waals surface area contributed by atoms with E-state index in [0.29, 0.717) is 17.9 Å². The average Bonchev–Trinajstić information content (AvgIpc) is 3.02. The highest BCUT2D eigenvalue weighted by Crippen LogP contribution is 2.16. The Bertz CT molecular complexity index is 606. The van der Waals surface area contributed by atoms with E-state index in [-0.39, 0.29) is 11.9 Å². The lowest BCUT2D eigenvalue weighted by atomic mass is 10.1. The normalized spacial score (nSPS) is 18.6. The first-order valence-electron chi connectivity index (χ1n) is 7.33. The van der Waals surface area contributed by atoms with Crippen LogP contribution in [0.3, 0.4) is 0 Å². The van der Waals surface area contributed by atoms with E-state index in [1.165, 1.54) is 0 Å². The molecule has 1 atom stereocenters. The molecule has 5 nitrogen and oxygen atoms in total. The van der Waals surface area contributed by atoms with Crippen LogP contribution in [0.4, 0.5) is 0 Å². The topological polar surface area (TPSA) is 75.3 Å². The number of nitrogens with one attached hydrogen (secondary N) is 2. The fourth-order valence-electron chi connectivity index (χ4n) is 2.13. The van der Waals surface area contributed by atoms with Crippen molar-refractivity contribution < 1.29 is 13.2 Å². The highest BCUT2D eigenvalue weighted by molar-refractivity contribution is 7.99. The van der Waals surface area contributed by atoms with Gasteiger partial charge in [-0.25, -0.2) is 8.42 Å². The molecule has 0 radical (unpaired) electrons. The predicted molar refractivity (Wildman–Crippen MR) is 89.7 cm³/mol. The monoisotopic (exact) mass is 342 g/mol. The molecule has 1 heterocycles. The zero-order chi connectivity index (χ0) is 16.2. The molecule has 1 aliphatic heterocycles. The van der Waals surface area contributed by atoms with Gasteiger partial charge in [0, 0.05) is 18.2 Å². The van der Waals surface area contributed by atoms with Crippen molar-refractivity contribution in [3.05, 3.63) is 29.8 Å². The van der Waals surface area contributed by atoms with Crippen LogP contribution >= 0.6 is 11.8 Å². The second-order valence-corrected chi connectivity index (χ2v) is 9.09. The molecule has 1 saturated heterocycles. The van der Waals surface area contributed by atoms with Crippen LogP contribution in [0.15, 0.2) is 29.2 Å². The van der Waals surface area contributed by atoms with Crippen LogP contribution in [0.1, 0.15) is 19.4 Å². The van der Waals surface area contributed by atoms with Gasteiger partial charge in [0.05, 0.1) is 16.2 Å². The Kier molecular flexibility index (Phi) is 5.88. The first-order valence-corrected chi connectivity index (χ1v) is 10.0. The lowest BCUT2D eigenvalue weighted by Crippen LogP contribution is -2.42. The maximum atomic E-state index is 12.0. The van der Waals surface area contributed by atoms with Crippen LogP contribution in [-0.2, 0) is 21.1 Å². The molecule has 1 aliphatic rings. The summed E-state index contributed by atoms with van der Waals surface area (Å²) in [4.78, 5) is 12.2. The van der Waals surface area contributed by atoms with Gasteiger partial charge >= 0.3 is 0 Å². The fourth-order valence-corrected chi connectivity index (χ4v) is 4.14.